The third-order valence-corrected chi connectivity index (χ3v) is 1.14. The molecule has 4 heteroatoms. The summed E-state index contributed by atoms with van der Waals surface area (Å²) < 4.78 is 0. The lowest BCUT2D eigenvalue weighted by Crippen LogP contribution is -2.26. The van der Waals surface area contributed by atoms with E-state index < -0.39 is 0 Å². The molecule has 0 aliphatic rings. The molecule has 1 amide bonds. The first-order valence-corrected chi connectivity index (χ1v) is 3.78. The monoisotopic (exact) mass is 174 g/mol. The molecule has 0 aromatic carbocycles. The molecule has 0 bridgehead atoms. The molecular weight excluding hydrogens is 164 g/mol. The van der Waals surface area contributed by atoms with Gasteiger partial charge in [-0.05, 0) is 0 Å². The molecule has 0 rings (SSSR count). The second kappa shape index (κ2) is 7.28. The van der Waals surface area contributed by atoms with Gasteiger partial charge in [-0.1, -0.05) is 12.7 Å². The van der Waals surface area contributed by atoms with Gasteiger partial charge in [-0.3, -0.25) is 9.79 Å². The van der Waals surface area contributed by atoms with Crippen molar-refractivity contribution in [2.45, 2.75) is 0 Å². The van der Waals surface area contributed by atoms with Gasteiger partial charge in [0.25, 0.3) is 0 Å². The first-order valence-electron chi connectivity index (χ1n) is 3.24. The van der Waals surface area contributed by atoms with Crippen molar-refractivity contribution in [3.63, 3.8) is 0 Å². The normalized spacial score (nSPS) is 9.91. The van der Waals surface area contributed by atoms with Crippen LogP contribution in [0.4, 0.5) is 0 Å². The minimum absolute atomic E-state index is 0.00513. The highest BCUT2D eigenvalue weighted by molar-refractivity contribution is 6.27. The molecule has 0 saturated heterocycles. The maximum Gasteiger partial charge on any atom is 0.234 e. The zero-order valence-electron chi connectivity index (χ0n) is 6.22. The first-order chi connectivity index (χ1) is 5.31. The quantitative estimate of drug-likeness (QED) is 0.370. The van der Waals surface area contributed by atoms with Crippen LogP contribution in [0, 0.1) is 0 Å². The van der Waals surface area contributed by atoms with E-state index in [0.717, 1.165) is 0 Å². The number of rotatable bonds is 5. The number of amides is 1. The van der Waals surface area contributed by atoms with E-state index in [0.29, 0.717) is 13.1 Å². The van der Waals surface area contributed by atoms with Crippen LogP contribution in [0.25, 0.3) is 0 Å². The fourth-order valence-electron chi connectivity index (χ4n) is 0.456. The number of allylic oxidation sites excluding steroid dienone is 1. The Bertz CT molecular complexity index is 157. The Hall–Kier alpha value is -0.830. The molecule has 62 valence electrons. The number of halogens is 1. The smallest absolute Gasteiger partial charge is 0.234 e. The van der Waals surface area contributed by atoms with Crippen LogP contribution in [0.15, 0.2) is 17.6 Å². The van der Waals surface area contributed by atoms with E-state index in [1.165, 1.54) is 0 Å². The van der Waals surface area contributed by atoms with Gasteiger partial charge < -0.3 is 5.32 Å². The predicted octanol–water partition coefficient (Wildman–Crippen LogP) is 0.598. The molecular formula is C7H11ClN2O. The van der Waals surface area contributed by atoms with Gasteiger partial charge in [-0.25, -0.2) is 0 Å². The van der Waals surface area contributed by atoms with E-state index in [-0.39, 0.29) is 11.8 Å². The van der Waals surface area contributed by atoms with E-state index in [9.17, 15) is 4.79 Å². The van der Waals surface area contributed by atoms with Gasteiger partial charge in [-0.15, -0.1) is 11.6 Å². The summed E-state index contributed by atoms with van der Waals surface area (Å²) in [6, 6.07) is 0. The van der Waals surface area contributed by atoms with E-state index >= 15 is 0 Å². The van der Waals surface area contributed by atoms with Crippen LogP contribution in [0.1, 0.15) is 0 Å². The maximum absolute atomic E-state index is 10.5. The molecule has 3 nitrogen and oxygen atoms in total. The maximum atomic E-state index is 10.5. The van der Waals surface area contributed by atoms with Crippen molar-refractivity contribution < 1.29 is 4.79 Å². The third-order valence-electron chi connectivity index (χ3n) is 0.895. The van der Waals surface area contributed by atoms with Crippen LogP contribution in [0.5, 0.6) is 0 Å². The SMILES string of the molecule is C=C/C=N/CCNC(=O)CCl. The van der Waals surface area contributed by atoms with Gasteiger partial charge in [0.15, 0.2) is 0 Å². The van der Waals surface area contributed by atoms with Crippen LogP contribution in [-0.2, 0) is 4.79 Å². The minimum Gasteiger partial charge on any atom is -0.353 e. The van der Waals surface area contributed by atoms with Crippen molar-refractivity contribution in [3.05, 3.63) is 12.7 Å². The van der Waals surface area contributed by atoms with Crippen molar-refractivity contribution in [1.82, 2.24) is 5.32 Å². The summed E-state index contributed by atoms with van der Waals surface area (Å²) in [4.78, 5) is 14.4. The predicted molar refractivity (Wildman–Crippen MR) is 47.3 cm³/mol. The number of alkyl halides is 1. The van der Waals surface area contributed by atoms with Crippen molar-refractivity contribution in [1.29, 1.82) is 0 Å². The van der Waals surface area contributed by atoms with Gasteiger partial charge in [0.05, 0.1) is 6.54 Å². The summed E-state index contributed by atoms with van der Waals surface area (Å²) in [5.41, 5.74) is 0. The average Bonchev–Trinajstić information content (AvgIpc) is 2.04. The largest absolute Gasteiger partial charge is 0.353 e. The van der Waals surface area contributed by atoms with E-state index in [4.69, 9.17) is 11.6 Å². The third kappa shape index (κ3) is 7.06. The molecule has 0 heterocycles. The summed E-state index contributed by atoms with van der Waals surface area (Å²) in [5.74, 6) is -0.161. The fourth-order valence-corrected chi connectivity index (χ4v) is 0.551. The van der Waals surface area contributed by atoms with Crippen LogP contribution in [0.2, 0.25) is 0 Å². The Morgan fingerprint density at radius 2 is 2.45 bits per heavy atom. The number of carbonyl (C=O) groups excluding carboxylic acids is 1. The lowest BCUT2D eigenvalue weighted by atomic mass is 10.6. The highest BCUT2D eigenvalue weighted by atomic mass is 35.5. The molecule has 1 N–H and O–H groups in total. The summed E-state index contributed by atoms with van der Waals surface area (Å²) >= 11 is 5.23. The summed E-state index contributed by atoms with van der Waals surface area (Å²) in [5, 5.41) is 2.57. The molecule has 0 unspecified atom stereocenters. The Morgan fingerprint density at radius 1 is 1.73 bits per heavy atom. The molecule has 0 aromatic rings. The van der Waals surface area contributed by atoms with Crippen LogP contribution in [0.3, 0.4) is 0 Å². The molecule has 0 spiro atoms. The van der Waals surface area contributed by atoms with Crippen molar-refractivity contribution in [3.8, 4) is 0 Å². The first kappa shape index (κ1) is 10.2. The Kier molecular flexibility index (Phi) is 6.73. The van der Waals surface area contributed by atoms with E-state index in [1.54, 1.807) is 12.3 Å². The lowest BCUT2D eigenvalue weighted by molar-refractivity contribution is -0.118. The molecule has 0 fully saturated rings. The summed E-state index contributed by atoms with van der Waals surface area (Å²) in [6.07, 6.45) is 3.18. The van der Waals surface area contributed by atoms with Gasteiger partial charge in [-0.2, -0.15) is 0 Å². The number of hydrogen-bond donors (Lipinski definition) is 1. The van der Waals surface area contributed by atoms with Crippen LogP contribution < -0.4 is 5.32 Å². The van der Waals surface area contributed by atoms with Crippen molar-refractivity contribution in [2.24, 2.45) is 4.99 Å². The molecule has 0 aliphatic heterocycles. The molecule has 0 radical (unpaired) electrons. The topological polar surface area (TPSA) is 41.5 Å². The van der Waals surface area contributed by atoms with Gasteiger partial charge in [0, 0.05) is 12.8 Å². The summed E-state index contributed by atoms with van der Waals surface area (Å²) in [7, 11) is 0. The molecule has 0 atom stereocenters. The van der Waals surface area contributed by atoms with Gasteiger partial charge >= 0.3 is 0 Å². The fraction of sp³-hybridized carbons (Fsp3) is 0.429. The summed E-state index contributed by atoms with van der Waals surface area (Å²) in [6.45, 7) is 4.54. The number of hydrogen-bond acceptors (Lipinski definition) is 2. The van der Waals surface area contributed by atoms with Gasteiger partial charge in [0.1, 0.15) is 5.88 Å². The second-order valence-corrected chi connectivity index (χ2v) is 2.04. The number of aliphatic imine (C=N–C) groups is 1. The highest BCUT2D eigenvalue weighted by Crippen LogP contribution is 1.73. The molecule has 0 saturated carbocycles. The molecule has 0 aliphatic carbocycles. The zero-order chi connectivity index (χ0) is 8.53. The lowest BCUT2D eigenvalue weighted by Gasteiger charge is -1.97. The zero-order valence-corrected chi connectivity index (χ0v) is 6.97. The highest BCUT2D eigenvalue weighted by Gasteiger charge is 1.93. The number of nitrogens with zero attached hydrogens (tertiary/aromatic N) is 1. The van der Waals surface area contributed by atoms with Crippen molar-refractivity contribution >= 4 is 23.7 Å². The van der Waals surface area contributed by atoms with Crippen molar-refractivity contribution in [2.75, 3.05) is 19.0 Å². The van der Waals surface area contributed by atoms with E-state index in [1.807, 2.05) is 0 Å². The van der Waals surface area contributed by atoms with Gasteiger partial charge in [0.2, 0.25) is 5.91 Å². The Labute approximate surface area is 71.1 Å². The van der Waals surface area contributed by atoms with E-state index in [2.05, 4.69) is 16.9 Å². The molecule has 0 aromatic heterocycles. The van der Waals surface area contributed by atoms with Crippen LogP contribution in [-0.4, -0.2) is 31.1 Å². The Morgan fingerprint density at radius 3 is 3.00 bits per heavy atom. The Balaban J connectivity index is 3.20. The van der Waals surface area contributed by atoms with Crippen LogP contribution >= 0.6 is 11.6 Å². The molecule has 11 heavy (non-hydrogen) atoms. The second-order valence-electron chi connectivity index (χ2n) is 1.77. The standard InChI is InChI=1S/C7H11ClN2O/c1-2-3-9-4-5-10-7(11)6-8/h2-3H,1,4-6H2,(H,10,11)/b9-3+. The number of carbonyl (C=O) groups is 1. The minimum atomic E-state index is -0.166. The average molecular weight is 175 g/mol. The number of nitrogens with one attached hydrogen (secondary N) is 1.